The van der Waals surface area contributed by atoms with Crippen molar-refractivity contribution in [3.63, 3.8) is 0 Å². The van der Waals surface area contributed by atoms with Crippen molar-refractivity contribution in [3.05, 3.63) is 40.1 Å². The predicted octanol–water partition coefficient (Wildman–Crippen LogP) is 3.43. The second-order valence-electron chi connectivity index (χ2n) is 2.98. The summed E-state index contributed by atoms with van der Waals surface area (Å²) in [7, 11) is 0. The van der Waals surface area contributed by atoms with Crippen molar-refractivity contribution in [1.29, 1.82) is 0 Å². The van der Waals surface area contributed by atoms with Gasteiger partial charge in [-0.2, -0.15) is 4.98 Å². The Hall–Kier alpha value is -1.66. The molecule has 0 radical (unpaired) electrons. The van der Waals surface area contributed by atoms with E-state index in [4.69, 9.17) is 21.4 Å². The van der Waals surface area contributed by atoms with E-state index in [0.29, 0.717) is 0 Å². The highest BCUT2D eigenvalue weighted by Crippen LogP contribution is 2.29. The van der Waals surface area contributed by atoms with Gasteiger partial charge >= 0.3 is 5.97 Å². The van der Waals surface area contributed by atoms with Crippen molar-refractivity contribution in [2.24, 2.45) is 0 Å². The number of nitrogens with zero attached hydrogens (tertiary/aromatic N) is 1. The molecule has 0 saturated heterocycles. The van der Waals surface area contributed by atoms with E-state index >= 15 is 0 Å². The maximum atomic E-state index is 13.0. The molecule has 0 spiro atoms. The van der Waals surface area contributed by atoms with Gasteiger partial charge in [-0.05, 0) is 12.1 Å². The number of rotatable bonds is 3. The molecule has 1 heterocycles. The zero-order chi connectivity index (χ0) is 12.4. The minimum Gasteiger partial charge on any atom is -0.478 e. The van der Waals surface area contributed by atoms with Crippen LogP contribution in [0.5, 0.6) is 10.9 Å². The summed E-state index contributed by atoms with van der Waals surface area (Å²) in [6, 6.07) is 3.16. The monoisotopic (exact) mass is 273 g/mol. The van der Waals surface area contributed by atoms with Gasteiger partial charge in [0.05, 0.1) is 0 Å². The van der Waals surface area contributed by atoms with Crippen molar-refractivity contribution in [2.75, 3.05) is 0 Å². The topological polar surface area (TPSA) is 59.4 Å². The third-order valence-corrected chi connectivity index (χ3v) is 2.87. The van der Waals surface area contributed by atoms with E-state index < -0.39 is 11.8 Å². The lowest BCUT2D eigenvalue weighted by molar-refractivity contribution is 0.0694. The summed E-state index contributed by atoms with van der Waals surface area (Å²) < 4.78 is 18.2. The van der Waals surface area contributed by atoms with Crippen LogP contribution in [-0.2, 0) is 0 Å². The predicted molar refractivity (Wildman–Crippen MR) is 60.6 cm³/mol. The molecule has 17 heavy (non-hydrogen) atoms. The Balaban J connectivity index is 2.37. The number of hydrogen-bond acceptors (Lipinski definition) is 4. The normalized spacial score (nSPS) is 10.2. The molecule has 0 atom stereocenters. The average molecular weight is 274 g/mol. The van der Waals surface area contributed by atoms with Crippen LogP contribution in [0.4, 0.5) is 4.39 Å². The Morgan fingerprint density at radius 1 is 1.53 bits per heavy atom. The Morgan fingerprint density at radius 2 is 2.29 bits per heavy atom. The summed E-state index contributed by atoms with van der Waals surface area (Å²) in [5.41, 5.74) is -0.141. The minimum absolute atomic E-state index is 0.108. The fourth-order valence-corrected chi connectivity index (χ4v) is 1.94. The molecule has 88 valence electrons. The van der Waals surface area contributed by atoms with Crippen LogP contribution >= 0.6 is 22.9 Å². The first-order valence-electron chi connectivity index (χ1n) is 4.38. The molecule has 0 unspecified atom stereocenters. The molecule has 7 heteroatoms. The van der Waals surface area contributed by atoms with Gasteiger partial charge in [-0.25, -0.2) is 9.18 Å². The van der Waals surface area contributed by atoms with Crippen LogP contribution in [0.2, 0.25) is 5.15 Å². The molecule has 0 aliphatic rings. The van der Waals surface area contributed by atoms with E-state index in [1.807, 2.05) is 0 Å². The number of hydrogen-bond donors (Lipinski definition) is 1. The second kappa shape index (κ2) is 4.68. The molecule has 1 aromatic carbocycles. The number of carbonyl (C=O) groups is 1. The molecule has 2 aromatic rings. The summed E-state index contributed by atoms with van der Waals surface area (Å²) in [6.45, 7) is 0. The molecule has 0 saturated carbocycles. The highest BCUT2D eigenvalue weighted by molar-refractivity contribution is 7.11. The van der Waals surface area contributed by atoms with Crippen LogP contribution < -0.4 is 4.74 Å². The van der Waals surface area contributed by atoms with Crippen LogP contribution in [0.1, 0.15) is 10.4 Å². The number of carboxylic acid groups (broad SMARTS) is 1. The highest BCUT2D eigenvalue weighted by atomic mass is 35.5. The van der Waals surface area contributed by atoms with E-state index in [1.165, 1.54) is 5.38 Å². The number of halogens is 2. The minimum atomic E-state index is -1.21. The van der Waals surface area contributed by atoms with Gasteiger partial charge in [0, 0.05) is 11.4 Å². The van der Waals surface area contributed by atoms with Gasteiger partial charge < -0.3 is 9.84 Å². The summed E-state index contributed by atoms with van der Waals surface area (Å²) in [6.07, 6.45) is 0. The summed E-state index contributed by atoms with van der Waals surface area (Å²) in [4.78, 5) is 14.7. The number of ether oxygens (including phenoxy) is 1. The standard InChI is InChI=1S/C10H5ClFNO3S/c11-8-4-17-10(13-8)16-7-3-5(12)1-2-6(7)9(14)15/h1-4H,(H,14,15). The Bertz CT molecular complexity index is 572. The second-order valence-corrected chi connectivity index (χ2v) is 4.19. The zero-order valence-corrected chi connectivity index (χ0v) is 9.76. The lowest BCUT2D eigenvalue weighted by Gasteiger charge is -2.05. The lowest BCUT2D eigenvalue weighted by Crippen LogP contribution is -2.00. The van der Waals surface area contributed by atoms with Gasteiger partial charge in [0.1, 0.15) is 22.3 Å². The third-order valence-electron chi connectivity index (χ3n) is 1.83. The van der Waals surface area contributed by atoms with Gasteiger partial charge in [-0.3, -0.25) is 0 Å². The van der Waals surface area contributed by atoms with Gasteiger partial charge in [-0.15, -0.1) is 0 Å². The molecular formula is C10H5ClFNO3S. The molecule has 4 nitrogen and oxygen atoms in total. The van der Waals surface area contributed by atoms with Crippen molar-refractivity contribution in [1.82, 2.24) is 4.98 Å². The molecule has 0 aliphatic heterocycles. The number of thiazole rings is 1. The fraction of sp³-hybridized carbons (Fsp3) is 0. The summed E-state index contributed by atoms with van der Waals surface area (Å²) in [5, 5.41) is 10.8. The van der Waals surface area contributed by atoms with Gasteiger partial charge in [0.15, 0.2) is 0 Å². The highest BCUT2D eigenvalue weighted by Gasteiger charge is 2.14. The number of carboxylic acids is 1. The number of aromatic carboxylic acids is 1. The summed E-state index contributed by atoms with van der Waals surface area (Å²) >= 11 is 6.68. The first-order valence-corrected chi connectivity index (χ1v) is 5.64. The Kier molecular flexibility index (Phi) is 3.26. The SMILES string of the molecule is O=C(O)c1ccc(F)cc1Oc1nc(Cl)cs1. The molecule has 2 rings (SSSR count). The third kappa shape index (κ3) is 2.72. The van der Waals surface area contributed by atoms with Gasteiger partial charge in [0.2, 0.25) is 0 Å². The quantitative estimate of drug-likeness (QED) is 0.931. The molecule has 0 bridgehead atoms. The lowest BCUT2D eigenvalue weighted by atomic mass is 10.2. The summed E-state index contributed by atoms with van der Waals surface area (Å²) in [5.74, 6) is -1.90. The first kappa shape index (κ1) is 11.8. The van der Waals surface area contributed by atoms with E-state index in [0.717, 1.165) is 29.5 Å². The maximum Gasteiger partial charge on any atom is 0.339 e. The van der Waals surface area contributed by atoms with E-state index in [-0.39, 0.29) is 21.7 Å². The van der Waals surface area contributed by atoms with Crippen LogP contribution in [0, 0.1) is 5.82 Å². The largest absolute Gasteiger partial charge is 0.478 e. The van der Waals surface area contributed by atoms with Crippen molar-refractivity contribution < 1.29 is 19.0 Å². The Labute approximate surface area is 104 Å². The van der Waals surface area contributed by atoms with E-state index in [2.05, 4.69) is 4.98 Å². The van der Waals surface area contributed by atoms with Gasteiger partial charge in [-0.1, -0.05) is 22.9 Å². The molecule has 1 aromatic heterocycles. The fourth-order valence-electron chi connectivity index (χ4n) is 1.14. The van der Waals surface area contributed by atoms with Gasteiger partial charge in [0.25, 0.3) is 5.19 Å². The van der Waals surface area contributed by atoms with E-state index in [1.54, 1.807) is 0 Å². The molecule has 1 N–H and O–H groups in total. The number of aromatic nitrogens is 1. The average Bonchev–Trinajstić information content (AvgIpc) is 2.63. The first-order chi connectivity index (χ1) is 8.06. The van der Waals surface area contributed by atoms with Crippen LogP contribution in [-0.4, -0.2) is 16.1 Å². The molecule has 0 amide bonds. The molecule has 0 fully saturated rings. The van der Waals surface area contributed by atoms with Crippen molar-refractivity contribution in [3.8, 4) is 10.9 Å². The molecular weight excluding hydrogens is 269 g/mol. The van der Waals surface area contributed by atoms with Crippen molar-refractivity contribution >= 4 is 28.9 Å². The maximum absolute atomic E-state index is 13.0. The van der Waals surface area contributed by atoms with Crippen LogP contribution in [0.25, 0.3) is 0 Å². The zero-order valence-electron chi connectivity index (χ0n) is 8.18. The van der Waals surface area contributed by atoms with E-state index in [9.17, 15) is 9.18 Å². The molecule has 0 aliphatic carbocycles. The smallest absolute Gasteiger partial charge is 0.339 e. The van der Waals surface area contributed by atoms with Crippen LogP contribution in [0.15, 0.2) is 23.6 Å². The van der Waals surface area contributed by atoms with Crippen molar-refractivity contribution in [2.45, 2.75) is 0 Å². The Morgan fingerprint density at radius 3 is 2.88 bits per heavy atom. The number of benzene rings is 1. The van der Waals surface area contributed by atoms with Crippen LogP contribution in [0.3, 0.4) is 0 Å².